The number of ether oxygens (including phenoxy) is 4. The standard InChI is InChI=1S/C61H105NO13/c1-3-5-7-9-11-13-15-17-18-19-20-21-22-23-24-25-26-27-28-29-30-31-32-33-35-37-39-41-43-45-53(66)62-49(50(65)44-42-40-38-36-34-16-14-12-10-8-6-4-2)48-72-60-58(71)56(69)59(52(47-64)74-60)75-61-57(70)55(68)54(67)51(46-63)73-61/h5,7,11,13,17-18,20-21,23-24,26-27,29-30,49-52,54-61,63-65,67-71H,3-4,6,8-10,12,14-16,19,22,25,28,31-48H2,1-2H3,(H,62,66)/b7-5-,13-11-,18-17-,21-20-,24-23-,27-26-,30-29-. The number of carbonyl (C=O) groups is 1. The van der Waals surface area contributed by atoms with Crippen molar-refractivity contribution < 1.29 is 64.6 Å². The van der Waals surface area contributed by atoms with E-state index in [-0.39, 0.29) is 18.9 Å². The van der Waals surface area contributed by atoms with Gasteiger partial charge in [0.1, 0.15) is 48.8 Å². The normalized spacial score (nSPS) is 25.7. The van der Waals surface area contributed by atoms with E-state index in [0.29, 0.717) is 12.8 Å². The zero-order chi connectivity index (χ0) is 54.6. The summed E-state index contributed by atoms with van der Waals surface area (Å²) in [6, 6.07) is -0.839. The van der Waals surface area contributed by atoms with Crippen LogP contribution in [0.25, 0.3) is 0 Å². The summed E-state index contributed by atoms with van der Waals surface area (Å²) in [6.45, 7) is 2.71. The van der Waals surface area contributed by atoms with Crippen molar-refractivity contribution in [3.63, 3.8) is 0 Å². The number of hydrogen-bond donors (Lipinski definition) is 9. The maximum atomic E-state index is 13.2. The van der Waals surface area contributed by atoms with Crippen molar-refractivity contribution in [3.05, 3.63) is 85.1 Å². The third kappa shape index (κ3) is 32.0. The van der Waals surface area contributed by atoms with Crippen molar-refractivity contribution in [2.24, 2.45) is 0 Å². The molecule has 12 atom stereocenters. The lowest BCUT2D eigenvalue weighted by atomic mass is 9.97. The maximum Gasteiger partial charge on any atom is 0.220 e. The van der Waals surface area contributed by atoms with Crippen molar-refractivity contribution >= 4 is 5.91 Å². The summed E-state index contributed by atoms with van der Waals surface area (Å²) in [6.07, 6.45) is 44.4. The SMILES string of the molecule is CC/C=C\C/C=C\C/C=C\C/C=C\C/C=C\C/C=C\C/C=C\CCCCCCCCCC(=O)NC(COC1OC(CO)C(OC2OC(CO)C(O)C(O)C2O)C(O)C1O)C(O)CCCCCCCCCCCCCC. The second-order valence-corrected chi connectivity index (χ2v) is 20.4. The van der Waals surface area contributed by atoms with Crippen LogP contribution in [0.4, 0.5) is 0 Å². The largest absolute Gasteiger partial charge is 0.394 e. The van der Waals surface area contributed by atoms with Crippen LogP contribution in [0.15, 0.2) is 85.1 Å². The van der Waals surface area contributed by atoms with Crippen LogP contribution in [0, 0.1) is 0 Å². The molecule has 2 saturated heterocycles. The minimum absolute atomic E-state index is 0.223. The first-order chi connectivity index (χ1) is 36.6. The Balaban J connectivity index is 1.71. The number of rotatable bonds is 45. The van der Waals surface area contributed by atoms with Gasteiger partial charge in [0.05, 0.1) is 32.0 Å². The van der Waals surface area contributed by atoms with Crippen LogP contribution < -0.4 is 5.32 Å². The molecule has 2 aliphatic rings. The van der Waals surface area contributed by atoms with Crippen LogP contribution in [-0.2, 0) is 23.7 Å². The number of carbonyl (C=O) groups excluding carboxylic acids is 1. The molecule has 1 amide bonds. The molecule has 0 aromatic rings. The van der Waals surface area contributed by atoms with Gasteiger partial charge in [-0.3, -0.25) is 4.79 Å². The van der Waals surface area contributed by atoms with E-state index >= 15 is 0 Å². The van der Waals surface area contributed by atoms with Gasteiger partial charge >= 0.3 is 0 Å². The highest BCUT2D eigenvalue weighted by atomic mass is 16.7. The van der Waals surface area contributed by atoms with Crippen LogP contribution in [0.3, 0.4) is 0 Å². The molecule has 75 heavy (non-hydrogen) atoms. The molecule has 0 aromatic carbocycles. The zero-order valence-electron chi connectivity index (χ0n) is 46.3. The lowest BCUT2D eigenvalue weighted by Gasteiger charge is -2.46. The van der Waals surface area contributed by atoms with Crippen molar-refractivity contribution in [1.29, 1.82) is 0 Å². The van der Waals surface area contributed by atoms with Gasteiger partial charge in [0.25, 0.3) is 0 Å². The molecule has 14 nitrogen and oxygen atoms in total. The third-order valence-electron chi connectivity index (χ3n) is 13.9. The highest BCUT2D eigenvalue weighted by Gasteiger charge is 2.51. The molecule has 9 N–H and O–H groups in total. The average molecular weight is 1060 g/mol. The van der Waals surface area contributed by atoms with Crippen LogP contribution >= 0.6 is 0 Å². The minimum Gasteiger partial charge on any atom is -0.394 e. The summed E-state index contributed by atoms with van der Waals surface area (Å²) < 4.78 is 22.8. The maximum absolute atomic E-state index is 13.2. The van der Waals surface area contributed by atoms with Crippen molar-refractivity contribution in [3.8, 4) is 0 Å². The van der Waals surface area contributed by atoms with Gasteiger partial charge in [-0.25, -0.2) is 0 Å². The van der Waals surface area contributed by atoms with E-state index in [1.807, 2.05) is 0 Å². The Morgan fingerprint density at radius 2 is 0.920 bits per heavy atom. The lowest BCUT2D eigenvalue weighted by molar-refractivity contribution is -0.359. The molecular formula is C61H105NO13. The molecular weight excluding hydrogens is 955 g/mol. The first kappa shape index (κ1) is 68.3. The lowest BCUT2D eigenvalue weighted by Crippen LogP contribution is -2.65. The van der Waals surface area contributed by atoms with E-state index in [4.69, 9.17) is 18.9 Å². The monoisotopic (exact) mass is 1060 g/mol. The van der Waals surface area contributed by atoms with E-state index in [0.717, 1.165) is 109 Å². The number of aliphatic hydroxyl groups is 8. The number of amides is 1. The van der Waals surface area contributed by atoms with E-state index in [1.54, 1.807) is 0 Å². The summed E-state index contributed by atoms with van der Waals surface area (Å²) in [5, 5.41) is 87.1. The summed E-state index contributed by atoms with van der Waals surface area (Å²) >= 11 is 0. The second-order valence-electron chi connectivity index (χ2n) is 20.4. The van der Waals surface area contributed by atoms with Crippen molar-refractivity contribution in [2.75, 3.05) is 19.8 Å². The van der Waals surface area contributed by atoms with Crippen molar-refractivity contribution in [1.82, 2.24) is 5.32 Å². The van der Waals surface area contributed by atoms with E-state index in [2.05, 4.69) is 104 Å². The van der Waals surface area contributed by atoms with Crippen LogP contribution in [0.2, 0.25) is 0 Å². The Labute approximate surface area is 452 Å². The average Bonchev–Trinajstić information content (AvgIpc) is 3.41. The molecule has 2 rings (SSSR count). The van der Waals surface area contributed by atoms with Gasteiger partial charge in [-0.05, 0) is 70.6 Å². The molecule has 2 fully saturated rings. The van der Waals surface area contributed by atoms with Gasteiger partial charge in [-0.2, -0.15) is 0 Å². The summed E-state index contributed by atoms with van der Waals surface area (Å²) in [4.78, 5) is 13.2. The van der Waals surface area contributed by atoms with Crippen LogP contribution in [0.1, 0.15) is 200 Å². The zero-order valence-corrected chi connectivity index (χ0v) is 46.3. The Morgan fingerprint density at radius 3 is 1.41 bits per heavy atom. The Bertz CT molecular complexity index is 1580. The van der Waals surface area contributed by atoms with Crippen LogP contribution in [0.5, 0.6) is 0 Å². The molecule has 2 heterocycles. The van der Waals surface area contributed by atoms with E-state index in [9.17, 15) is 45.6 Å². The molecule has 0 bridgehead atoms. The van der Waals surface area contributed by atoms with E-state index in [1.165, 1.54) is 57.8 Å². The second kappa shape index (κ2) is 46.1. The topological polar surface area (TPSA) is 228 Å². The fourth-order valence-electron chi connectivity index (χ4n) is 9.16. The number of unbranched alkanes of at least 4 members (excludes halogenated alkanes) is 18. The Morgan fingerprint density at radius 1 is 0.493 bits per heavy atom. The molecule has 0 radical (unpaired) electrons. The summed E-state index contributed by atoms with van der Waals surface area (Å²) in [5.41, 5.74) is 0. The van der Waals surface area contributed by atoms with Gasteiger partial charge in [0, 0.05) is 6.42 Å². The first-order valence-electron chi connectivity index (χ1n) is 29.3. The predicted octanol–water partition coefficient (Wildman–Crippen LogP) is 9.72. The molecule has 0 aliphatic carbocycles. The summed E-state index contributed by atoms with van der Waals surface area (Å²) in [7, 11) is 0. The number of nitrogens with one attached hydrogen (secondary N) is 1. The number of hydrogen-bond acceptors (Lipinski definition) is 13. The highest BCUT2D eigenvalue weighted by molar-refractivity contribution is 5.76. The number of allylic oxidation sites excluding steroid dienone is 14. The molecule has 432 valence electrons. The van der Waals surface area contributed by atoms with Gasteiger partial charge in [-0.15, -0.1) is 0 Å². The Kier molecular flexibility index (Phi) is 42.0. The molecule has 0 saturated carbocycles. The highest BCUT2D eigenvalue weighted by Crippen LogP contribution is 2.30. The van der Waals surface area contributed by atoms with Crippen molar-refractivity contribution in [2.45, 2.75) is 274 Å². The molecule has 12 unspecified atom stereocenters. The minimum atomic E-state index is -1.79. The smallest absolute Gasteiger partial charge is 0.220 e. The van der Waals surface area contributed by atoms with Crippen LogP contribution in [-0.4, -0.2) is 140 Å². The van der Waals surface area contributed by atoms with Gasteiger partial charge in [0.15, 0.2) is 12.6 Å². The molecule has 2 aliphatic heterocycles. The number of aliphatic hydroxyl groups excluding tert-OH is 8. The van der Waals surface area contributed by atoms with Gasteiger partial charge < -0.3 is 65.1 Å². The van der Waals surface area contributed by atoms with Gasteiger partial charge in [-0.1, -0.05) is 208 Å². The predicted molar refractivity (Wildman–Crippen MR) is 300 cm³/mol. The third-order valence-corrected chi connectivity index (χ3v) is 13.9. The fourth-order valence-corrected chi connectivity index (χ4v) is 9.16. The summed E-state index contributed by atoms with van der Waals surface area (Å²) in [5.74, 6) is -0.223. The van der Waals surface area contributed by atoms with Gasteiger partial charge in [0.2, 0.25) is 5.91 Å². The fraction of sp³-hybridized carbons (Fsp3) is 0.754. The quantitative estimate of drug-likeness (QED) is 0.0205. The molecule has 0 spiro atoms. The Hall–Kier alpha value is -2.83. The first-order valence-corrected chi connectivity index (χ1v) is 29.3. The molecule has 14 heteroatoms. The molecule has 0 aromatic heterocycles. The van der Waals surface area contributed by atoms with E-state index < -0.39 is 86.8 Å².